The van der Waals surface area contributed by atoms with Crippen LogP contribution in [-0.4, -0.2) is 66.1 Å². The maximum atomic E-state index is 13.3. The van der Waals surface area contributed by atoms with Crippen LogP contribution in [-0.2, 0) is 14.8 Å². The predicted octanol–water partition coefficient (Wildman–Crippen LogP) is 4.06. The second-order valence-electron chi connectivity index (χ2n) is 11.3. The van der Waals surface area contributed by atoms with Crippen LogP contribution >= 0.6 is 0 Å². The van der Waals surface area contributed by atoms with Crippen LogP contribution in [0, 0.1) is 13.8 Å². The topological polar surface area (TPSA) is 140 Å². The molecule has 2 unspecified atom stereocenters. The first-order valence-corrected chi connectivity index (χ1v) is 14.8. The van der Waals surface area contributed by atoms with Crippen LogP contribution in [0.15, 0.2) is 53.4 Å². The molecule has 4 bridgehead atoms. The average Bonchev–Trinajstić information content (AvgIpc) is 2.88. The van der Waals surface area contributed by atoms with E-state index in [1.807, 2.05) is 32.0 Å². The summed E-state index contributed by atoms with van der Waals surface area (Å²) < 4.78 is 41.0. The number of carbonyl (C=O) groups excluding carboxylic acids is 2. The molecule has 5 rings (SSSR count). The molecule has 11 nitrogen and oxygen atoms in total. The van der Waals surface area contributed by atoms with E-state index in [1.54, 1.807) is 26.8 Å². The molecule has 3 heterocycles. The summed E-state index contributed by atoms with van der Waals surface area (Å²) in [6.07, 6.45) is -0.823. The number of benzene rings is 2. The van der Waals surface area contributed by atoms with Gasteiger partial charge in [0.25, 0.3) is 15.9 Å². The molecule has 2 amide bonds. The van der Waals surface area contributed by atoms with Gasteiger partial charge in [-0.25, -0.2) is 22.9 Å². The number of rotatable bonds is 1. The van der Waals surface area contributed by atoms with Crippen LogP contribution in [0.2, 0.25) is 0 Å². The van der Waals surface area contributed by atoms with Crippen LogP contribution in [0.25, 0.3) is 11.3 Å². The Labute approximate surface area is 239 Å². The van der Waals surface area contributed by atoms with Gasteiger partial charge < -0.3 is 19.7 Å². The molecule has 2 N–H and O–H groups in total. The van der Waals surface area contributed by atoms with Gasteiger partial charge in [-0.15, -0.1) is 0 Å². The summed E-state index contributed by atoms with van der Waals surface area (Å²) in [4.78, 5) is 36.5. The van der Waals surface area contributed by atoms with Gasteiger partial charge in [0.2, 0.25) is 11.8 Å². The van der Waals surface area contributed by atoms with Crippen LogP contribution < -0.4 is 14.8 Å². The molecular weight excluding hydrogens is 546 g/mol. The van der Waals surface area contributed by atoms with Crippen molar-refractivity contribution in [3.63, 3.8) is 0 Å². The number of anilines is 1. The molecule has 2 atom stereocenters. The quantitative estimate of drug-likeness (QED) is 0.440. The summed E-state index contributed by atoms with van der Waals surface area (Å²) in [5, 5.41) is 2.97. The van der Waals surface area contributed by atoms with Crippen molar-refractivity contribution in [1.82, 2.24) is 20.2 Å². The summed E-state index contributed by atoms with van der Waals surface area (Å²) in [7, 11) is -4.14. The van der Waals surface area contributed by atoms with Gasteiger partial charge in [0, 0.05) is 23.7 Å². The number of nitrogens with zero attached hydrogens (tertiary/aromatic N) is 3. The molecule has 1 aromatic heterocycles. The fourth-order valence-electron chi connectivity index (χ4n) is 4.96. The molecular formula is C29H33N5O6S. The highest BCUT2D eigenvalue weighted by Crippen LogP contribution is 2.31. The van der Waals surface area contributed by atoms with E-state index in [1.165, 1.54) is 29.2 Å². The fraction of sp³-hybridized carbons (Fsp3) is 0.379. The molecule has 0 radical (unpaired) electrons. The smallest absolute Gasteiger partial charge is 0.410 e. The van der Waals surface area contributed by atoms with Crippen molar-refractivity contribution >= 4 is 28.0 Å². The maximum Gasteiger partial charge on any atom is 0.410 e. The first-order valence-electron chi connectivity index (χ1n) is 13.3. The maximum absolute atomic E-state index is 13.3. The lowest BCUT2D eigenvalue weighted by Gasteiger charge is -2.39. The molecule has 2 aliphatic heterocycles. The SMILES string of the molecule is Cc1cccc(C)c1-c1cc2nc(n1)NS(=O)(=O)c1cccc(c1)C(=O)NC1CCN(C(=O)OC(C)(C)C)CC1O2. The van der Waals surface area contributed by atoms with E-state index in [9.17, 15) is 18.0 Å². The molecule has 1 fully saturated rings. The minimum absolute atomic E-state index is 0.0941. The van der Waals surface area contributed by atoms with Gasteiger partial charge in [-0.2, -0.15) is 4.98 Å². The molecule has 0 aliphatic carbocycles. The van der Waals surface area contributed by atoms with Crippen molar-refractivity contribution in [3.05, 3.63) is 65.2 Å². The molecule has 2 aromatic carbocycles. The van der Waals surface area contributed by atoms with E-state index in [4.69, 9.17) is 9.47 Å². The number of aromatic nitrogens is 2. The number of likely N-dealkylation sites (tertiary alicyclic amines) is 1. The number of hydrogen-bond acceptors (Lipinski definition) is 8. The third-order valence-corrected chi connectivity index (χ3v) is 8.20. The van der Waals surface area contributed by atoms with Crippen molar-refractivity contribution in [2.75, 3.05) is 17.8 Å². The summed E-state index contributed by atoms with van der Waals surface area (Å²) in [6.45, 7) is 9.70. The van der Waals surface area contributed by atoms with Gasteiger partial charge in [0.05, 0.1) is 23.2 Å². The van der Waals surface area contributed by atoms with Gasteiger partial charge in [-0.3, -0.25) is 4.79 Å². The number of piperidine rings is 1. The summed E-state index contributed by atoms with van der Waals surface area (Å²) in [5.74, 6) is -0.545. The second kappa shape index (κ2) is 10.7. The van der Waals surface area contributed by atoms with Crippen LogP contribution in [0.4, 0.5) is 10.7 Å². The van der Waals surface area contributed by atoms with E-state index < -0.39 is 39.8 Å². The highest BCUT2D eigenvalue weighted by atomic mass is 32.2. The minimum atomic E-state index is -4.14. The number of hydrogen-bond donors (Lipinski definition) is 2. The summed E-state index contributed by atoms with van der Waals surface area (Å²) >= 11 is 0. The highest BCUT2D eigenvalue weighted by molar-refractivity contribution is 7.92. The van der Waals surface area contributed by atoms with E-state index in [0.29, 0.717) is 18.7 Å². The zero-order valence-corrected chi connectivity index (χ0v) is 24.4. The van der Waals surface area contributed by atoms with Crippen molar-refractivity contribution < 1.29 is 27.5 Å². The monoisotopic (exact) mass is 579 g/mol. The highest BCUT2D eigenvalue weighted by Gasteiger charge is 2.37. The molecule has 1 saturated heterocycles. The van der Waals surface area contributed by atoms with Crippen LogP contribution in [0.5, 0.6) is 5.88 Å². The molecule has 216 valence electrons. The number of aryl methyl sites for hydroxylation is 2. The summed E-state index contributed by atoms with van der Waals surface area (Å²) in [6, 6.07) is 12.7. The van der Waals surface area contributed by atoms with Gasteiger partial charge in [0.15, 0.2) is 0 Å². The molecule has 3 aromatic rings. The third-order valence-electron chi connectivity index (χ3n) is 6.87. The lowest BCUT2D eigenvalue weighted by Crippen LogP contribution is -2.58. The number of ether oxygens (including phenoxy) is 2. The van der Waals surface area contributed by atoms with E-state index >= 15 is 0 Å². The second-order valence-corrected chi connectivity index (χ2v) is 12.9. The van der Waals surface area contributed by atoms with Gasteiger partial charge >= 0.3 is 6.09 Å². The first-order chi connectivity index (χ1) is 19.3. The zero-order valence-electron chi connectivity index (χ0n) is 23.6. The van der Waals surface area contributed by atoms with E-state index in [0.717, 1.165) is 16.7 Å². The normalized spacial score (nSPS) is 20.1. The lowest BCUT2D eigenvalue weighted by atomic mass is 9.99. The fourth-order valence-corrected chi connectivity index (χ4v) is 5.95. The number of sulfonamides is 1. The summed E-state index contributed by atoms with van der Waals surface area (Å²) in [5.41, 5.74) is 2.64. The van der Waals surface area contributed by atoms with Crippen LogP contribution in [0.3, 0.4) is 0 Å². The largest absolute Gasteiger partial charge is 0.470 e. The molecule has 0 spiro atoms. The first kappa shape index (κ1) is 28.3. The number of carbonyl (C=O) groups is 2. The Morgan fingerprint density at radius 2 is 1.78 bits per heavy atom. The molecule has 2 aliphatic rings. The van der Waals surface area contributed by atoms with Crippen molar-refractivity contribution in [2.45, 2.75) is 63.7 Å². The third kappa shape index (κ3) is 6.27. The molecule has 12 heteroatoms. The lowest BCUT2D eigenvalue weighted by molar-refractivity contribution is 0.000523. The Morgan fingerprint density at radius 1 is 1.07 bits per heavy atom. The Hall–Kier alpha value is -4.19. The minimum Gasteiger partial charge on any atom is -0.470 e. The van der Waals surface area contributed by atoms with Crippen molar-refractivity contribution in [2.24, 2.45) is 0 Å². The molecule has 0 saturated carbocycles. The molecule has 41 heavy (non-hydrogen) atoms. The van der Waals surface area contributed by atoms with Gasteiger partial charge in [-0.05, 0) is 70.4 Å². The standard InChI is InChI=1S/C29H33N5O6S/c1-17-8-6-9-18(2)25(17)22-15-24-32-27(31-22)33-41(37,38)20-11-7-10-19(14-20)26(35)30-21-12-13-34(16-23(21)39-24)28(36)40-29(3,4)5/h6-11,14-15,21,23H,12-13,16H2,1-5H3,(H,30,35)(H,31,32,33). The Balaban J connectivity index is 1.61. The van der Waals surface area contributed by atoms with Crippen molar-refractivity contribution in [1.29, 1.82) is 0 Å². The number of fused-ring (bicyclic) bond motifs is 5. The average molecular weight is 580 g/mol. The Morgan fingerprint density at radius 3 is 2.49 bits per heavy atom. The zero-order chi connectivity index (χ0) is 29.5. The van der Waals surface area contributed by atoms with E-state index in [-0.39, 0.29) is 28.8 Å². The van der Waals surface area contributed by atoms with Crippen molar-refractivity contribution in [3.8, 4) is 17.1 Å². The number of amides is 2. The van der Waals surface area contributed by atoms with Crippen LogP contribution in [0.1, 0.15) is 48.7 Å². The Kier molecular flexibility index (Phi) is 7.37. The number of nitrogens with one attached hydrogen (secondary N) is 2. The predicted molar refractivity (Wildman–Crippen MR) is 152 cm³/mol. The Bertz CT molecular complexity index is 1600. The van der Waals surface area contributed by atoms with Gasteiger partial charge in [0.1, 0.15) is 11.7 Å². The van der Waals surface area contributed by atoms with Gasteiger partial charge in [-0.1, -0.05) is 24.3 Å². The van der Waals surface area contributed by atoms with E-state index in [2.05, 4.69) is 20.0 Å².